The van der Waals surface area contributed by atoms with Crippen molar-refractivity contribution in [2.45, 2.75) is 32.7 Å². The van der Waals surface area contributed by atoms with E-state index in [0.717, 1.165) is 18.5 Å². The lowest BCUT2D eigenvalue weighted by atomic mass is 9.91. The van der Waals surface area contributed by atoms with Gasteiger partial charge in [-0.25, -0.2) is 0 Å². The Balaban J connectivity index is 2.88. The quantitative estimate of drug-likeness (QED) is 0.710. The predicted octanol–water partition coefficient (Wildman–Crippen LogP) is 2.99. The average molecular weight is 219 g/mol. The number of carbonyl (C=O) groups is 1. The van der Waals surface area contributed by atoms with E-state index in [2.05, 4.69) is 11.8 Å². The van der Waals surface area contributed by atoms with Gasteiger partial charge in [0.25, 0.3) is 0 Å². The molecule has 0 saturated heterocycles. The van der Waals surface area contributed by atoms with Crippen LogP contribution in [0.1, 0.15) is 37.6 Å². The lowest BCUT2D eigenvalue weighted by Crippen LogP contribution is -2.48. The van der Waals surface area contributed by atoms with Crippen LogP contribution in [0.2, 0.25) is 0 Å². The molecule has 0 amide bonds. The second-order valence-electron chi connectivity index (χ2n) is 4.68. The molecule has 0 radical (unpaired) electrons. The first-order valence-corrected chi connectivity index (χ1v) is 5.81. The Morgan fingerprint density at radius 2 is 1.81 bits per heavy atom. The summed E-state index contributed by atoms with van der Waals surface area (Å²) in [5.74, 6) is 0.184. The highest BCUT2D eigenvalue weighted by Crippen LogP contribution is 2.19. The van der Waals surface area contributed by atoms with Crippen LogP contribution in [-0.2, 0) is 0 Å². The molecule has 2 nitrogen and oxygen atoms in total. The lowest BCUT2D eigenvalue weighted by Gasteiger charge is -2.34. The minimum absolute atomic E-state index is 0.184. The third-order valence-corrected chi connectivity index (χ3v) is 3.10. The third kappa shape index (κ3) is 2.70. The molecule has 16 heavy (non-hydrogen) atoms. The van der Waals surface area contributed by atoms with Crippen molar-refractivity contribution in [3.63, 3.8) is 0 Å². The summed E-state index contributed by atoms with van der Waals surface area (Å²) in [6.07, 6.45) is 1.06. The van der Waals surface area contributed by atoms with Gasteiger partial charge in [0.05, 0.1) is 5.54 Å². The maximum absolute atomic E-state index is 12.3. The van der Waals surface area contributed by atoms with E-state index in [9.17, 15) is 4.79 Å². The topological polar surface area (TPSA) is 20.3 Å². The Labute approximate surface area is 98.3 Å². The molecule has 0 aromatic heterocycles. The first kappa shape index (κ1) is 12.9. The van der Waals surface area contributed by atoms with Crippen LogP contribution in [0.15, 0.2) is 30.3 Å². The minimum Gasteiger partial charge on any atom is -0.294 e. The zero-order valence-corrected chi connectivity index (χ0v) is 10.7. The third-order valence-electron chi connectivity index (χ3n) is 3.10. The van der Waals surface area contributed by atoms with Crippen molar-refractivity contribution >= 4 is 5.78 Å². The zero-order valence-electron chi connectivity index (χ0n) is 10.7. The molecule has 0 aliphatic heterocycles. The first-order chi connectivity index (χ1) is 7.50. The number of hydrogen-bond acceptors (Lipinski definition) is 2. The molecular weight excluding hydrogens is 198 g/mol. The monoisotopic (exact) mass is 219 g/mol. The molecule has 0 atom stereocenters. The van der Waals surface area contributed by atoms with Crippen LogP contribution in [0.5, 0.6) is 0 Å². The molecule has 0 N–H and O–H groups in total. The molecule has 0 unspecified atom stereocenters. The molecule has 0 aliphatic rings. The zero-order chi connectivity index (χ0) is 12.2. The Hall–Kier alpha value is -1.15. The van der Waals surface area contributed by atoms with Crippen LogP contribution >= 0.6 is 0 Å². The molecule has 0 fully saturated rings. The Kier molecular flexibility index (Phi) is 4.25. The number of benzene rings is 1. The van der Waals surface area contributed by atoms with Gasteiger partial charge >= 0.3 is 0 Å². The second-order valence-corrected chi connectivity index (χ2v) is 4.68. The van der Waals surface area contributed by atoms with E-state index in [1.54, 1.807) is 0 Å². The molecular formula is C14H21NO. The number of nitrogens with zero attached hydrogens (tertiary/aromatic N) is 1. The van der Waals surface area contributed by atoms with Crippen LogP contribution in [0.4, 0.5) is 0 Å². The Morgan fingerprint density at radius 1 is 1.25 bits per heavy atom. The molecule has 0 spiro atoms. The molecule has 0 aliphatic carbocycles. The fourth-order valence-corrected chi connectivity index (χ4v) is 1.73. The smallest absolute Gasteiger partial charge is 0.182 e. The van der Waals surface area contributed by atoms with E-state index in [0.29, 0.717) is 0 Å². The standard InChI is InChI=1S/C14H21NO/c1-5-11-15(4)14(2,3)13(16)12-9-7-6-8-10-12/h6-10H,5,11H2,1-4H3. The van der Waals surface area contributed by atoms with Gasteiger partial charge in [-0.2, -0.15) is 0 Å². The lowest BCUT2D eigenvalue weighted by molar-refractivity contribution is 0.0707. The first-order valence-electron chi connectivity index (χ1n) is 5.81. The molecule has 2 heteroatoms. The molecule has 88 valence electrons. The predicted molar refractivity (Wildman–Crippen MR) is 67.8 cm³/mol. The summed E-state index contributed by atoms with van der Waals surface area (Å²) in [6.45, 7) is 7.03. The molecule has 1 aromatic carbocycles. The highest BCUT2D eigenvalue weighted by atomic mass is 16.1. The van der Waals surface area contributed by atoms with Crippen LogP contribution in [-0.4, -0.2) is 29.8 Å². The van der Waals surface area contributed by atoms with E-state index in [-0.39, 0.29) is 5.78 Å². The van der Waals surface area contributed by atoms with Gasteiger partial charge in [0.2, 0.25) is 0 Å². The normalized spacial score (nSPS) is 11.8. The summed E-state index contributed by atoms with van der Waals surface area (Å²) in [6, 6.07) is 9.50. The molecule has 0 heterocycles. The SMILES string of the molecule is CCCN(C)C(C)(C)C(=O)c1ccccc1. The van der Waals surface area contributed by atoms with Gasteiger partial charge in [-0.1, -0.05) is 37.3 Å². The minimum atomic E-state index is -0.433. The van der Waals surface area contributed by atoms with Gasteiger partial charge in [-0.15, -0.1) is 0 Å². The largest absolute Gasteiger partial charge is 0.294 e. The summed E-state index contributed by atoms with van der Waals surface area (Å²) in [7, 11) is 2.00. The maximum Gasteiger partial charge on any atom is 0.182 e. The van der Waals surface area contributed by atoms with Crippen molar-refractivity contribution in [3.05, 3.63) is 35.9 Å². The summed E-state index contributed by atoms with van der Waals surface area (Å²) in [4.78, 5) is 14.5. The van der Waals surface area contributed by atoms with Gasteiger partial charge in [-0.3, -0.25) is 9.69 Å². The summed E-state index contributed by atoms with van der Waals surface area (Å²) < 4.78 is 0. The summed E-state index contributed by atoms with van der Waals surface area (Å²) in [5, 5.41) is 0. The van der Waals surface area contributed by atoms with E-state index in [4.69, 9.17) is 0 Å². The van der Waals surface area contributed by atoms with Gasteiger partial charge in [0.15, 0.2) is 5.78 Å². The summed E-state index contributed by atoms with van der Waals surface area (Å²) in [5.41, 5.74) is 0.354. The van der Waals surface area contributed by atoms with Crippen LogP contribution in [0.3, 0.4) is 0 Å². The van der Waals surface area contributed by atoms with E-state index in [1.807, 2.05) is 51.2 Å². The number of hydrogen-bond donors (Lipinski definition) is 0. The molecule has 1 rings (SSSR count). The van der Waals surface area contributed by atoms with Crippen molar-refractivity contribution in [1.29, 1.82) is 0 Å². The Bertz CT molecular complexity index is 343. The highest BCUT2D eigenvalue weighted by molar-refractivity contribution is 6.02. The number of Topliss-reactive ketones (excluding diaryl/α,β-unsaturated/α-hetero) is 1. The fraction of sp³-hybridized carbons (Fsp3) is 0.500. The van der Waals surface area contributed by atoms with Crippen LogP contribution in [0.25, 0.3) is 0 Å². The maximum atomic E-state index is 12.3. The van der Waals surface area contributed by atoms with Gasteiger partial charge in [-0.05, 0) is 33.9 Å². The van der Waals surface area contributed by atoms with Gasteiger partial charge in [0.1, 0.15) is 0 Å². The molecule has 1 aromatic rings. The highest BCUT2D eigenvalue weighted by Gasteiger charge is 2.32. The van der Waals surface area contributed by atoms with Crippen molar-refractivity contribution in [1.82, 2.24) is 4.90 Å². The molecule has 0 bridgehead atoms. The van der Waals surface area contributed by atoms with Crippen molar-refractivity contribution < 1.29 is 4.79 Å². The number of likely N-dealkylation sites (N-methyl/N-ethyl adjacent to an activating group) is 1. The van der Waals surface area contributed by atoms with E-state index < -0.39 is 5.54 Å². The molecule has 0 saturated carbocycles. The fourth-order valence-electron chi connectivity index (χ4n) is 1.73. The van der Waals surface area contributed by atoms with Crippen LogP contribution < -0.4 is 0 Å². The van der Waals surface area contributed by atoms with Crippen LogP contribution in [0, 0.1) is 0 Å². The number of ketones is 1. The van der Waals surface area contributed by atoms with Gasteiger partial charge < -0.3 is 0 Å². The van der Waals surface area contributed by atoms with E-state index in [1.165, 1.54) is 0 Å². The number of carbonyl (C=O) groups excluding carboxylic acids is 1. The Morgan fingerprint density at radius 3 is 2.31 bits per heavy atom. The van der Waals surface area contributed by atoms with Crippen molar-refractivity contribution in [3.8, 4) is 0 Å². The second kappa shape index (κ2) is 5.26. The van der Waals surface area contributed by atoms with Gasteiger partial charge in [0, 0.05) is 5.56 Å². The van der Waals surface area contributed by atoms with Crippen molar-refractivity contribution in [2.75, 3.05) is 13.6 Å². The average Bonchev–Trinajstić information content (AvgIpc) is 2.29. The summed E-state index contributed by atoms with van der Waals surface area (Å²) >= 11 is 0. The van der Waals surface area contributed by atoms with E-state index >= 15 is 0 Å². The van der Waals surface area contributed by atoms with Crippen molar-refractivity contribution in [2.24, 2.45) is 0 Å². The number of rotatable bonds is 5.